The topological polar surface area (TPSA) is 37.3 Å². The van der Waals surface area contributed by atoms with Crippen LogP contribution in [-0.2, 0) is 4.79 Å². The van der Waals surface area contributed by atoms with Gasteiger partial charge in [0.2, 0.25) is 0 Å². The standard InChI is InChI=1S/C5H6F2O2/c1-2-3(4(8)9)5(2,6)7/h2-3H,1H3,(H,8,9)/t2-,3-/m1/s1. The fourth-order valence-corrected chi connectivity index (χ4v) is 0.858. The van der Waals surface area contributed by atoms with Crippen LogP contribution in [0.1, 0.15) is 6.92 Å². The second-order valence-electron chi connectivity index (χ2n) is 2.28. The first-order chi connectivity index (χ1) is 3.98. The van der Waals surface area contributed by atoms with Crippen LogP contribution in [0.3, 0.4) is 0 Å². The first kappa shape index (κ1) is 6.45. The smallest absolute Gasteiger partial charge is 0.313 e. The molecule has 0 aromatic rings. The Hall–Kier alpha value is -0.670. The van der Waals surface area contributed by atoms with Gasteiger partial charge in [-0.05, 0) is 0 Å². The molecule has 0 unspecified atom stereocenters. The highest BCUT2D eigenvalue weighted by atomic mass is 19.3. The molecule has 0 saturated heterocycles. The average molecular weight is 136 g/mol. The molecule has 1 N–H and O–H groups in total. The number of halogens is 2. The van der Waals surface area contributed by atoms with E-state index in [0.717, 1.165) is 0 Å². The molecule has 0 radical (unpaired) electrons. The first-order valence-electron chi connectivity index (χ1n) is 2.58. The van der Waals surface area contributed by atoms with Crippen molar-refractivity contribution in [2.75, 3.05) is 0 Å². The lowest BCUT2D eigenvalue weighted by molar-refractivity contribution is -0.140. The number of carbonyl (C=O) groups is 1. The van der Waals surface area contributed by atoms with Crippen LogP contribution in [-0.4, -0.2) is 17.0 Å². The summed E-state index contributed by atoms with van der Waals surface area (Å²) in [6, 6.07) is 0. The Labute approximate surface area is 50.5 Å². The molecule has 1 saturated carbocycles. The number of carboxylic acids is 1. The third-order valence-corrected chi connectivity index (χ3v) is 1.68. The molecule has 4 heteroatoms. The molecular weight excluding hydrogens is 130 g/mol. The van der Waals surface area contributed by atoms with E-state index in [1.165, 1.54) is 6.92 Å². The summed E-state index contributed by atoms with van der Waals surface area (Å²) in [5.41, 5.74) is 0. The minimum Gasteiger partial charge on any atom is -0.481 e. The second kappa shape index (κ2) is 1.43. The van der Waals surface area contributed by atoms with E-state index in [1.54, 1.807) is 0 Å². The van der Waals surface area contributed by atoms with Gasteiger partial charge in [0.05, 0.1) is 0 Å². The zero-order valence-electron chi connectivity index (χ0n) is 4.77. The van der Waals surface area contributed by atoms with Crippen molar-refractivity contribution in [1.82, 2.24) is 0 Å². The largest absolute Gasteiger partial charge is 0.481 e. The lowest BCUT2D eigenvalue weighted by Gasteiger charge is -1.86. The molecule has 2 atom stereocenters. The summed E-state index contributed by atoms with van der Waals surface area (Å²) >= 11 is 0. The van der Waals surface area contributed by atoms with E-state index < -0.39 is 23.7 Å². The summed E-state index contributed by atoms with van der Waals surface area (Å²) in [6.07, 6.45) is 0. The highest BCUT2D eigenvalue weighted by molar-refractivity contribution is 5.75. The molecule has 1 aliphatic rings. The van der Waals surface area contributed by atoms with Crippen LogP contribution in [0.2, 0.25) is 0 Å². The van der Waals surface area contributed by atoms with Gasteiger partial charge in [0, 0.05) is 5.92 Å². The molecule has 0 aliphatic heterocycles. The highest BCUT2D eigenvalue weighted by Crippen LogP contribution is 2.54. The molecule has 1 fully saturated rings. The minimum atomic E-state index is -2.95. The van der Waals surface area contributed by atoms with Crippen molar-refractivity contribution >= 4 is 5.97 Å². The van der Waals surface area contributed by atoms with E-state index in [2.05, 4.69) is 0 Å². The number of alkyl halides is 2. The van der Waals surface area contributed by atoms with Crippen molar-refractivity contribution < 1.29 is 18.7 Å². The second-order valence-corrected chi connectivity index (χ2v) is 2.28. The molecule has 0 aromatic heterocycles. The third kappa shape index (κ3) is 0.693. The fraction of sp³-hybridized carbons (Fsp3) is 0.800. The van der Waals surface area contributed by atoms with Gasteiger partial charge >= 0.3 is 5.97 Å². The van der Waals surface area contributed by atoms with Crippen molar-refractivity contribution in [3.05, 3.63) is 0 Å². The third-order valence-electron chi connectivity index (χ3n) is 1.68. The van der Waals surface area contributed by atoms with E-state index in [9.17, 15) is 13.6 Å². The maximum absolute atomic E-state index is 12.1. The Morgan fingerprint density at radius 3 is 2.00 bits per heavy atom. The summed E-state index contributed by atoms with van der Waals surface area (Å²) in [4.78, 5) is 9.91. The predicted octanol–water partition coefficient (Wildman–Crippen LogP) is 0.972. The van der Waals surface area contributed by atoms with Gasteiger partial charge in [-0.15, -0.1) is 0 Å². The summed E-state index contributed by atoms with van der Waals surface area (Å²) < 4.78 is 24.1. The lowest BCUT2D eigenvalue weighted by atomic mass is 10.3. The average Bonchev–Trinajstić information content (AvgIpc) is 2.07. The van der Waals surface area contributed by atoms with Gasteiger partial charge in [-0.1, -0.05) is 6.92 Å². The maximum Gasteiger partial charge on any atom is 0.313 e. The summed E-state index contributed by atoms with van der Waals surface area (Å²) in [5.74, 6) is -6.76. The fourth-order valence-electron chi connectivity index (χ4n) is 0.858. The van der Waals surface area contributed by atoms with Crippen LogP contribution in [0.4, 0.5) is 8.78 Å². The van der Waals surface area contributed by atoms with Gasteiger partial charge in [0.25, 0.3) is 5.92 Å². The van der Waals surface area contributed by atoms with E-state index in [4.69, 9.17) is 5.11 Å². The Bertz CT molecular complexity index is 155. The van der Waals surface area contributed by atoms with E-state index in [1.807, 2.05) is 0 Å². The molecule has 1 aliphatic carbocycles. The van der Waals surface area contributed by atoms with Crippen molar-refractivity contribution in [3.8, 4) is 0 Å². The number of carboxylic acid groups (broad SMARTS) is 1. The quantitative estimate of drug-likeness (QED) is 0.583. The van der Waals surface area contributed by atoms with Gasteiger partial charge in [-0.3, -0.25) is 4.79 Å². The molecule has 0 bridgehead atoms. The van der Waals surface area contributed by atoms with Crippen LogP contribution in [0.25, 0.3) is 0 Å². The molecule has 2 nitrogen and oxygen atoms in total. The Kier molecular flexibility index (Phi) is 1.03. The summed E-state index contributed by atoms with van der Waals surface area (Å²) in [6.45, 7) is 1.23. The van der Waals surface area contributed by atoms with Crippen LogP contribution in [0.5, 0.6) is 0 Å². The lowest BCUT2D eigenvalue weighted by Crippen LogP contribution is -2.04. The Balaban J connectivity index is 2.62. The van der Waals surface area contributed by atoms with Gasteiger partial charge in [0.15, 0.2) is 0 Å². The zero-order chi connectivity index (χ0) is 7.23. The van der Waals surface area contributed by atoms with E-state index in [-0.39, 0.29) is 0 Å². The number of hydrogen-bond acceptors (Lipinski definition) is 1. The number of rotatable bonds is 1. The monoisotopic (exact) mass is 136 g/mol. The molecule has 0 heterocycles. The molecule has 0 spiro atoms. The zero-order valence-corrected chi connectivity index (χ0v) is 4.77. The van der Waals surface area contributed by atoms with Crippen molar-refractivity contribution in [3.63, 3.8) is 0 Å². The minimum absolute atomic E-state index is 0.977. The van der Waals surface area contributed by atoms with Crippen LogP contribution >= 0.6 is 0 Å². The predicted molar refractivity (Wildman–Crippen MR) is 25.2 cm³/mol. The maximum atomic E-state index is 12.1. The SMILES string of the molecule is C[C@@H]1[C@H](C(=O)O)C1(F)F. The van der Waals surface area contributed by atoms with Crippen LogP contribution < -0.4 is 0 Å². The number of hydrogen-bond donors (Lipinski definition) is 1. The Morgan fingerprint density at radius 2 is 2.00 bits per heavy atom. The van der Waals surface area contributed by atoms with Crippen molar-refractivity contribution in [2.45, 2.75) is 12.8 Å². The molecular formula is C5H6F2O2. The van der Waals surface area contributed by atoms with Crippen LogP contribution in [0, 0.1) is 11.8 Å². The highest BCUT2D eigenvalue weighted by Gasteiger charge is 2.69. The summed E-state index contributed by atoms with van der Waals surface area (Å²) in [7, 11) is 0. The van der Waals surface area contributed by atoms with Crippen LogP contribution in [0.15, 0.2) is 0 Å². The van der Waals surface area contributed by atoms with E-state index in [0.29, 0.717) is 0 Å². The molecule has 52 valence electrons. The molecule has 9 heavy (non-hydrogen) atoms. The van der Waals surface area contributed by atoms with Crippen molar-refractivity contribution in [1.29, 1.82) is 0 Å². The van der Waals surface area contributed by atoms with Gasteiger partial charge in [-0.2, -0.15) is 0 Å². The van der Waals surface area contributed by atoms with Gasteiger partial charge in [-0.25, -0.2) is 8.78 Å². The van der Waals surface area contributed by atoms with Gasteiger partial charge < -0.3 is 5.11 Å². The molecule has 0 aromatic carbocycles. The van der Waals surface area contributed by atoms with Crippen molar-refractivity contribution in [2.24, 2.45) is 11.8 Å². The Morgan fingerprint density at radius 1 is 1.67 bits per heavy atom. The first-order valence-corrected chi connectivity index (χ1v) is 2.58. The van der Waals surface area contributed by atoms with E-state index >= 15 is 0 Å². The molecule has 1 rings (SSSR count). The number of aliphatic carboxylic acids is 1. The summed E-state index contributed by atoms with van der Waals surface area (Å²) in [5, 5.41) is 8.08. The normalized spacial score (nSPS) is 38.1. The van der Waals surface area contributed by atoms with Gasteiger partial charge in [0.1, 0.15) is 5.92 Å². The molecule has 0 amide bonds.